The third-order valence-corrected chi connectivity index (χ3v) is 10.6. The molecule has 30 heavy (non-hydrogen) atoms. The van der Waals surface area contributed by atoms with Gasteiger partial charge < -0.3 is 10.2 Å². The molecule has 0 bridgehead atoms. The maximum atomic E-state index is 13.8. The quantitative estimate of drug-likeness (QED) is 0.610. The summed E-state index contributed by atoms with van der Waals surface area (Å²) in [6.07, 6.45) is 10.3. The lowest BCUT2D eigenvalue weighted by Gasteiger charge is -2.61. The summed E-state index contributed by atoms with van der Waals surface area (Å²) >= 11 is 0. The van der Waals surface area contributed by atoms with E-state index in [1.54, 1.807) is 0 Å². The highest BCUT2D eigenvalue weighted by molar-refractivity contribution is 5.84. The van der Waals surface area contributed by atoms with E-state index in [1.165, 1.54) is 25.7 Å². The first-order chi connectivity index (χ1) is 13.8. The number of ketones is 1. The zero-order valence-corrected chi connectivity index (χ0v) is 20.3. The molecular formula is C27H46O3. The van der Waals surface area contributed by atoms with Gasteiger partial charge in [0.25, 0.3) is 0 Å². The number of Topliss-reactive ketones (excluding diaryl/α,β-unsaturated/α-hetero) is 1. The number of rotatable bonds is 4. The van der Waals surface area contributed by atoms with Gasteiger partial charge in [-0.3, -0.25) is 4.79 Å². The number of fused-ring (bicyclic) bond motifs is 5. The second-order valence-corrected chi connectivity index (χ2v) is 13.4. The Bertz CT molecular complexity index is 676. The molecule has 4 fully saturated rings. The van der Waals surface area contributed by atoms with Crippen molar-refractivity contribution in [3.63, 3.8) is 0 Å². The fourth-order valence-corrected chi connectivity index (χ4v) is 9.00. The number of carbonyl (C=O) groups is 1. The summed E-state index contributed by atoms with van der Waals surface area (Å²) in [5, 5.41) is 20.9. The number of hydrogen-bond acceptors (Lipinski definition) is 3. The molecule has 0 aromatic rings. The molecule has 0 heterocycles. The molecule has 2 unspecified atom stereocenters. The molecular weight excluding hydrogens is 372 g/mol. The molecule has 0 amide bonds. The highest BCUT2D eigenvalue weighted by Crippen LogP contribution is 2.68. The zero-order chi connectivity index (χ0) is 22.1. The van der Waals surface area contributed by atoms with Gasteiger partial charge >= 0.3 is 0 Å². The lowest BCUT2D eigenvalue weighted by molar-refractivity contribution is -0.168. The topological polar surface area (TPSA) is 57.5 Å². The first-order valence-corrected chi connectivity index (χ1v) is 12.7. The van der Waals surface area contributed by atoms with Gasteiger partial charge in [-0.2, -0.15) is 0 Å². The van der Waals surface area contributed by atoms with Crippen molar-refractivity contribution in [3.8, 4) is 0 Å². The Morgan fingerprint density at radius 1 is 1.07 bits per heavy atom. The van der Waals surface area contributed by atoms with Gasteiger partial charge in [0.15, 0.2) is 0 Å². The van der Waals surface area contributed by atoms with Crippen LogP contribution in [0, 0.1) is 46.3 Å². The highest BCUT2D eigenvalue weighted by Gasteiger charge is 2.64. The van der Waals surface area contributed by atoms with Crippen molar-refractivity contribution in [3.05, 3.63) is 0 Å². The molecule has 0 aromatic heterocycles. The predicted molar refractivity (Wildman–Crippen MR) is 121 cm³/mol. The molecule has 0 radical (unpaired) electrons. The SMILES string of the molecule is C[C@H](CCC(C)(C)O)C1CC[C@H]2[C@@H]3CC[C@H]4C[C@@](C)(O)CCC4(C)[C@H]3C(=O)C[C@]12C. The highest BCUT2D eigenvalue weighted by atomic mass is 16.3. The van der Waals surface area contributed by atoms with Gasteiger partial charge in [-0.05, 0) is 119 Å². The van der Waals surface area contributed by atoms with Gasteiger partial charge in [0.1, 0.15) is 5.78 Å². The molecule has 0 aliphatic heterocycles. The van der Waals surface area contributed by atoms with Gasteiger partial charge in [0.05, 0.1) is 11.2 Å². The molecule has 0 aromatic carbocycles. The second kappa shape index (κ2) is 7.30. The summed E-state index contributed by atoms with van der Waals surface area (Å²) in [6.45, 7) is 13.0. The van der Waals surface area contributed by atoms with Crippen molar-refractivity contribution < 1.29 is 15.0 Å². The molecule has 9 atom stereocenters. The first kappa shape index (κ1) is 22.8. The normalized spacial score (nSPS) is 49.9. The molecule has 0 saturated heterocycles. The van der Waals surface area contributed by atoms with Crippen LogP contribution in [0.1, 0.15) is 106 Å². The van der Waals surface area contributed by atoms with E-state index < -0.39 is 11.2 Å². The zero-order valence-electron chi connectivity index (χ0n) is 20.3. The minimum atomic E-state index is -0.601. The summed E-state index contributed by atoms with van der Waals surface area (Å²) in [6, 6.07) is 0. The molecule has 4 aliphatic carbocycles. The van der Waals surface area contributed by atoms with E-state index in [9.17, 15) is 15.0 Å². The summed E-state index contributed by atoms with van der Waals surface area (Å²) in [7, 11) is 0. The fraction of sp³-hybridized carbons (Fsp3) is 0.963. The van der Waals surface area contributed by atoms with E-state index in [2.05, 4.69) is 20.8 Å². The van der Waals surface area contributed by atoms with Crippen LogP contribution in [0.4, 0.5) is 0 Å². The van der Waals surface area contributed by atoms with Gasteiger partial charge in [0, 0.05) is 12.3 Å². The summed E-state index contributed by atoms with van der Waals surface area (Å²) in [5.74, 6) is 3.64. The van der Waals surface area contributed by atoms with Gasteiger partial charge in [0.2, 0.25) is 0 Å². The van der Waals surface area contributed by atoms with E-state index in [0.717, 1.165) is 38.5 Å². The standard InChI is InChI=1S/C27H46O3/c1-17(11-12-24(2,3)29)20-9-10-21-19-8-7-18-15-25(4,30)13-14-26(18,5)23(19)22(28)16-27(20,21)6/h17-21,23,29-30H,7-16H2,1-6H3/t17-,18+,19+,20?,21+,23-,25+,26?,27-/m1/s1. The van der Waals surface area contributed by atoms with Crippen LogP contribution < -0.4 is 0 Å². The van der Waals surface area contributed by atoms with E-state index >= 15 is 0 Å². The van der Waals surface area contributed by atoms with Gasteiger partial charge in [-0.25, -0.2) is 0 Å². The van der Waals surface area contributed by atoms with Crippen LogP contribution in [0.2, 0.25) is 0 Å². The van der Waals surface area contributed by atoms with Crippen molar-refractivity contribution in [1.29, 1.82) is 0 Å². The molecule has 172 valence electrons. The molecule has 0 spiro atoms. The number of carbonyl (C=O) groups excluding carboxylic acids is 1. The van der Waals surface area contributed by atoms with Crippen LogP contribution in [0.15, 0.2) is 0 Å². The molecule has 4 saturated carbocycles. The van der Waals surface area contributed by atoms with Crippen LogP contribution in [0.5, 0.6) is 0 Å². The fourth-order valence-electron chi connectivity index (χ4n) is 9.00. The third-order valence-electron chi connectivity index (χ3n) is 10.6. The molecule has 2 N–H and O–H groups in total. The predicted octanol–water partition coefficient (Wildman–Crippen LogP) is 5.76. The summed E-state index contributed by atoms with van der Waals surface area (Å²) < 4.78 is 0. The Labute approximate surface area is 184 Å². The van der Waals surface area contributed by atoms with Gasteiger partial charge in [-0.1, -0.05) is 20.8 Å². The lowest BCUT2D eigenvalue weighted by Crippen LogP contribution is -2.59. The third kappa shape index (κ3) is 3.70. The molecule has 4 aliphatic rings. The van der Waals surface area contributed by atoms with Crippen LogP contribution in [-0.2, 0) is 4.79 Å². The Kier molecular flexibility index (Phi) is 5.54. The molecule has 3 nitrogen and oxygen atoms in total. The Hall–Kier alpha value is -0.410. The Morgan fingerprint density at radius 2 is 1.77 bits per heavy atom. The van der Waals surface area contributed by atoms with E-state index in [0.29, 0.717) is 35.4 Å². The minimum Gasteiger partial charge on any atom is -0.390 e. The number of hydrogen-bond donors (Lipinski definition) is 2. The molecule has 4 rings (SSSR count). The van der Waals surface area contributed by atoms with Crippen LogP contribution in [0.25, 0.3) is 0 Å². The van der Waals surface area contributed by atoms with Crippen molar-refractivity contribution in [2.75, 3.05) is 0 Å². The Morgan fingerprint density at radius 3 is 2.43 bits per heavy atom. The van der Waals surface area contributed by atoms with E-state index in [4.69, 9.17) is 0 Å². The number of aliphatic hydroxyl groups is 2. The van der Waals surface area contributed by atoms with Crippen molar-refractivity contribution >= 4 is 5.78 Å². The summed E-state index contributed by atoms with van der Waals surface area (Å²) in [4.78, 5) is 13.8. The van der Waals surface area contributed by atoms with Crippen LogP contribution in [0.3, 0.4) is 0 Å². The monoisotopic (exact) mass is 418 g/mol. The summed E-state index contributed by atoms with van der Waals surface area (Å²) in [5.41, 5.74) is -0.914. The van der Waals surface area contributed by atoms with Crippen LogP contribution in [-0.4, -0.2) is 27.2 Å². The van der Waals surface area contributed by atoms with E-state index in [-0.39, 0.29) is 16.7 Å². The molecule has 3 heteroatoms. The van der Waals surface area contributed by atoms with Crippen molar-refractivity contribution in [2.24, 2.45) is 46.3 Å². The lowest BCUT2D eigenvalue weighted by atomic mass is 9.43. The first-order valence-electron chi connectivity index (χ1n) is 12.7. The maximum Gasteiger partial charge on any atom is 0.137 e. The van der Waals surface area contributed by atoms with Crippen LogP contribution >= 0.6 is 0 Å². The average molecular weight is 419 g/mol. The minimum absolute atomic E-state index is 0.0915. The van der Waals surface area contributed by atoms with Crippen molar-refractivity contribution in [2.45, 2.75) is 117 Å². The second-order valence-electron chi connectivity index (χ2n) is 13.4. The maximum absolute atomic E-state index is 13.8. The van der Waals surface area contributed by atoms with Gasteiger partial charge in [-0.15, -0.1) is 0 Å². The smallest absolute Gasteiger partial charge is 0.137 e. The largest absolute Gasteiger partial charge is 0.390 e. The van der Waals surface area contributed by atoms with Crippen molar-refractivity contribution in [1.82, 2.24) is 0 Å². The average Bonchev–Trinajstić information content (AvgIpc) is 2.96. The van der Waals surface area contributed by atoms with E-state index in [1.807, 2.05) is 20.8 Å². The Balaban J connectivity index is 1.55.